The maximum Gasteiger partial charge on any atom is 0.271 e. The topological polar surface area (TPSA) is 113 Å². The highest BCUT2D eigenvalue weighted by molar-refractivity contribution is 7.89. The van der Waals surface area contributed by atoms with E-state index in [9.17, 15) is 22.4 Å². The summed E-state index contributed by atoms with van der Waals surface area (Å²) in [5, 5.41) is 9.05. The molecule has 10 heteroatoms. The Kier molecular flexibility index (Phi) is 4.72. The van der Waals surface area contributed by atoms with E-state index < -0.39 is 40.1 Å². The first kappa shape index (κ1) is 18.0. The van der Waals surface area contributed by atoms with Crippen LogP contribution in [0.25, 0.3) is 0 Å². The van der Waals surface area contributed by atoms with E-state index in [0.717, 1.165) is 0 Å². The Labute approximate surface area is 147 Å². The lowest BCUT2D eigenvalue weighted by molar-refractivity contribution is -0.171. The van der Waals surface area contributed by atoms with Gasteiger partial charge in [-0.25, -0.2) is 12.8 Å². The SMILES string of the molecule is O=C1C[C@@H](NS(=O)(=O)c2ccc(Oc3ccc(F)cc3)cc2)C(=O)N1O. The molecule has 2 amide bonds. The number of sulfonamides is 1. The molecule has 1 atom stereocenters. The van der Waals surface area contributed by atoms with Crippen LogP contribution in [-0.2, 0) is 19.6 Å². The molecule has 2 N–H and O–H groups in total. The predicted molar refractivity (Wildman–Crippen MR) is 85.3 cm³/mol. The summed E-state index contributed by atoms with van der Waals surface area (Å²) in [4.78, 5) is 22.7. The van der Waals surface area contributed by atoms with Crippen LogP contribution in [0.3, 0.4) is 0 Å². The van der Waals surface area contributed by atoms with E-state index in [2.05, 4.69) is 4.72 Å². The van der Waals surface area contributed by atoms with Gasteiger partial charge in [0.1, 0.15) is 23.4 Å². The van der Waals surface area contributed by atoms with Crippen molar-refractivity contribution in [1.29, 1.82) is 0 Å². The molecular weight excluding hydrogens is 367 g/mol. The van der Waals surface area contributed by atoms with Crippen molar-refractivity contribution in [3.8, 4) is 11.5 Å². The van der Waals surface area contributed by atoms with Crippen molar-refractivity contribution >= 4 is 21.8 Å². The monoisotopic (exact) mass is 380 g/mol. The Hall–Kier alpha value is -2.82. The third kappa shape index (κ3) is 3.72. The van der Waals surface area contributed by atoms with Crippen LogP contribution in [0, 0.1) is 5.82 Å². The average Bonchev–Trinajstić information content (AvgIpc) is 2.84. The fourth-order valence-corrected chi connectivity index (χ4v) is 3.48. The molecule has 1 saturated heterocycles. The van der Waals surface area contributed by atoms with Gasteiger partial charge in [-0.15, -0.1) is 0 Å². The maximum atomic E-state index is 12.9. The van der Waals surface area contributed by atoms with Crippen molar-refractivity contribution in [2.24, 2.45) is 0 Å². The summed E-state index contributed by atoms with van der Waals surface area (Å²) in [7, 11) is -4.08. The number of hydrogen-bond acceptors (Lipinski definition) is 6. The molecule has 0 aromatic heterocycles. The molecule has 136 valence electrons. The molecule has 1 heterocycles. The smallest absolute Gasteiger partial charge is 0.271 e. The third-order valence-electron chi connectivity index (χ3n) is 3.60. The van der Waals surface area contributed by atoms with Crippen LogP contribution in [0.4, 0.5) is 4.39 Å². The molecule has 0 spiro atoms. The fraction of sp³-hybridized carbons (Fsp3) is 0.125. The predicted octanol–water partition coefficient (Wildman–Crippen LogP) is 1.41. The summed E-state index contributed by atoms with van der Waals surface area (Å²) in [6.07, 6.45) is -0.458. The first-order valence-electron chi connectivity index (χ1n) is 7.38. The van der Waals surface area contributed by atoms with Gasteiger partial charge in [-0.2, -0.15) is 9.79 Å². The first-order valence-corrected chi connectivity index (χ1v) is 8.86. The van der Waals surface area contributed by atoms with E-state index >= 15 is 0 Å². The van der Waals surface area contributed by atoms with Crippen molar-refractivity contribution in [2.75, 3.05) is 0 Å². The molecule has 1 aliphatic heterocycles. The largest absolute Gasteiger partial charge is 0.457 e. The highest BCUT2D eigenvalue weighted by Gasteiger charge is 2.40. The van der Waals surface area contributed by atoms with Crippen molar-refractivity contribution in [3.05, 3.63) is 54.3 Å². The molecule has 1 aliphatic rings. The van der Waals surface area contributed by atoms with E-state index in [1.807, 2.05) is 0 Å². The van der Waals surface area contributed by atoms with Gasteiger partial charge in [0.25, 0.3) is 11.8 Å². The molecule has 3 rings (SSSR count). The van der Waals surface area contributed by atoms with Gasteiger partial charge in [-0.3, -0.25) is 14.8 Å². The number of carbonyl (C=O) groups is 2. The second-order valence-corrected chi connectivity index (χ2v) is 7.16. The number of nitrogens with one attached hydrogen (secondary N) is 1. The minimum absolute atomic E-state index is 0.104. The van der Waals surface area contributed by atoms with Gasteiger partial charge in [-0.05, 0) is 48.5 Å². The Morgan fingerprint density at radius 3 is 2.08 bits per heavy atom. The van der Waals surface area contributed by atoms with Crippen LogP contribution in [0.1, 0.15) is 6.42 Å². The zero-order chi connectivity index (χ0) is 18.9. The van der Waals surface area contributed by atoms with E-state index in [1.54, 1.807) is 0 Å². The standard InChI is InChI=1S/C16H13FN2O6S/c17-10-1-3-11(4-2-10)25-12-5-7-13(8-6-12)26(23,24)18-14-9-15(20)19(22)16(14)21/h1-8,14,18,22H,9H2/t14-/m1/s1. The van der Waals surface area contributed by atoms with Crippen molar-refractivity contribution in [3.63, 3.8) is 0 Å². The number of hydrogen-bond donors (Lipinski definition) is 2. The summed E-state index contributed by atoms with van der Waals surface area (Å²) in [5.41, 5.74) is 0. The second kappa shape index (κ2) is 6.83. The maximum absolute atomic E-state index is 12.9. The number of imide groups is 1. The number of carbonyl (C=O) groups excluding carboxylic acids is 2. The summed E-state index contributed by atoms with van der Waals surface area (Å²) < 4.78 is 45.0. The Morgan fingerprint density at radius 2 is 1.58 bits per heavy atom. The third-order valence-corrected chi connectivity index (χ3v) is 5.09. The fourth-order valence-electron chi connectivity index (χ4n) is 2.29. The van der Waals surface area contributed by atoms with Gasteiger partial charge in [0.2, 0.25) is 10.0 Å². The highest BCUT2D eigenvalue weighted by atomic mass is 32.2. The zero-order valence-corrected chi connectivity index (χ0v) is 13.9. The Bertz CT molecular complexity index is 944. The quantitative estimate of drug-likeness (QED) is 0.599. The normalized spacial score (nSPS) is 17.6. The summed E-state index contributed by atoms with van der Waals surface area (Å²) in [6.45, 7) is 0. The van der Waals surface area contributed by atoms with Gasteiger partial charge in [0, 0.05) is 0 Å². The minimum atomic E-state index is -4.08. The number of ether oxygens (including phenoxy) is 1. The van der Waals surface area contributed by atoms with Crippen LogP contribution in [-0.4, -0.2) is 36.5 Å². The summed E-state index contributed by atoms with van der Waals surface area (Å²) in [6, 6.07) is 9.21. The molecule has 2 aromatic carbocycles. The molecule has 0 bridgehead atoms. The Morgan fingerprint density at radius 1 is 1.04 bits per heavy atom. The molecular formula is C16H13FN2O6S. The molecule has 2 aromatic rings. The van der Waals surface area contributed by atoms with E-state index in [0.29, 0.717) is 11.5 Å². The van der Waals surface area contributed by atoms with Crippen molar-refractivity contribution in [1.82, 2.24) is 9.79 Å². The van der Waals surface area contributed by atoms with Crippen LogP contribution < -0.4 is 9.46 Å². The average molecular weight is 380 g/mol. The molecule has 1 fully saturated rings. The lowest BCUT2D eigenvalue weighted by atomic mass is 10.3. The number of nitrogens with zero attached hydrogens (tertiary/aromatic N) is 1. The number of rotatable bonds is 5. The van der Waals surface area contributed by atoms with Crippen molar-refractivity contribution < 1.29 is 32.3 Å². The van der Waals surface area contributed by atoms with Gasteiger partial charge in [-0.1, -0.05) is 0 Å². The summed E-state index contributed by atoms with van der Waals surface area (Å²) >= 11 is 0. The molecule has 26 heavy (non-hydrogen) atoms. The second-order valence-electron chi connectivity index (χ2n) is 5.45. The van der Waals surface area contributed by atoms with Crippen LogP contribution in [0.5, 0.6) is 11.5 Å². The summed E-state index contributed by atoms with van der Waals surface area (Å²) in [5.74, 6) is -1.63. The minimum Gasteiger partial charge on any atom is -0.457 e. The molecule has 8 nitrogen and oxygen atoms in total. The lowest BCUT2D eigenvalue weighted by Crippen LogP contribution is -2.40. The van der Waals surface area contributed by atoms with Gasteiger partial charge in [0.15, 0.2) is 0 Å². The van der Waals surface area contributed by atoms with E-state index in [-0.39, 0.29) is 9.96 Å². The number of halogens is 1. The lowest BCUT2D eigenvalue weighted by Gasteiger charge is -2.11. The van der Waals surface area contributed by atoms with Crippen LogP contribution in [0.2, 0.25) is 0 Å². The molecule has 0 unspecified atom stereocenters. The van der Waals surface area contributed by atoms with Crippen LogP contribution in [0.15, 0.2) is 53.4 Å². The number of hydroxylamine groups is 2. The first-order chi connectivity index (χ1) is 12.3. The molecule has 0 saturated carbocycles. The highest BCUT2D eigenvalue weighted by Crippen LogP contribution is 2.23. The zero-order valence-electron chi connectivity index (χ0n) is 13.1. The van der Waals surface area contributed by atoms with Crippen LogP contribution >= 0.6 is 0 Å². The molecule has 0 radical (unpaired) electrons. The number of amides is 2. The van der Waals surface area contributed by atoms with Gasteiger partial charge < -0.3 is 4.74 Å². The number of benzene rings is 2. The molecule has 0 aliphatic carbocycles. The van der Waals surface area contributed by atoms with Crippen molar-refractivity contribution in [2.45, 2.75) is 17.4 Å². The van der Waals surface area contributed by atoms with E-state index in [1.165, 1.54) is 48.5 Å². The van der Waals surface area contributed by atoms with E-state index in [4.69, 9.17) is 9.94 Å². The van der Waals surface area contributed by atoms with Gasteiger partial charge in [0.05, 0.1) is 11.3 Å². The Balaban J connectivity index is 1.72. The van der Waals surface area contributed by atoms with Gasteiger partial charge >= 0.3 is 0 Å².